The van der Waals surface area contributed by atoms with Crippen molar-refractivity contribution < 1.29 is 24.9 Å². The van der Waals surface area contributed by atoms with Gasteiger partial charge in [-0.05, 0) is 39.0 Å². The molecule has 1 aliphatic rings. The number of aliphatic hydroxyl groups is 3. The van der Waals surface area contributed by atoms with Gasteiger partial charge < -0.3 is 15.3 Å². The second-order valence-electron chi connectivity index (χ2n) is 7.25. The Kier molecular flexibility index (Phi) is 6.93. The Bertz CT molecular complexity index is 554. The molecular weight excluding hydrogens is 308 g/mol. The summed E-state index contributed by atoms with van der Waals surface area (Å²) in [6.07, 6.45) is 1.57. The molecule has 136 valence electrons. The van der Waals surface area contributed by atoms with E-state index in [0.717, 1.165) is 5.57 Å². The van der Waals surface area contributed by atoms with Crippen molar-refractivity contribution in [3.05, 3.63) is 23.0 Å². The van der Waals surface area contributed by atoms with Crippen molar-refractivity contribution in [1.29, 1.82) is 0 Å². The summed E-state index contributed by atoms with van der Waals surface area (Å²) in [5.74, 6) is -2.49. The summed E-state index contributed by atoms with van der Waals surface area (Å²) in [5.41, 5.74) is -1.50. The van der Waals surface area contributed by atoms with Crippen LogP contribution in [0.2, 0.25) is 0 Å². The van der Waals surface area contributed by atoms with Crippen LogP contribution in [0, 0.1) is 11.8 Å². The van der Waals surface area contributed by atoms with Gasteiger partial charge >= 0.3 is 0 Å². The van der Waals surface area contributed by atoms with Gasteiger partial charge in [-0.2, -0.15) is 0 Å². The van der Waals surface area contributed by atoms with Crippen LogP contribution in [0.25, 0.3) is 0 Å². The molecule has 0 saturated heterocycles. The highest BCUT2D eigenvalue weighted by molar-refractivity contribution is 6.23. The molecular formula is C19H30O5. The van der Waals surface area contributed by atoms with Crippen molar-refractivity contribution in [2.75, 3.05) is 0 Å². The Morgan fingerprint density at radius 2 is 1.88 bits per heavy atom. The summed E-state index contributed by atoms with van der Waals surface area (Å²) in [4.78, 5) is 24.7. The molecule has 0 heterocycles. The first-order valence-electron chi connectivity index (χ1n) is 8.62. The van der Waals surface area contributed by atoms with Crippen molar-refractivity contribution in [3.8, 4) is 0 Å². The number of rotatable bonds is 8. The van der Waals surface area contributed by atoms with E-state index >= 15 is 0 Å². The van der Waals surface area contributed by atoms with Gasteiger partial charge in [-0.3, -0.25) is 9.59 Å². The minimum Gasteiger partial charge on any atom is -0.508 e. The van der Waals surface area contributed by atoms with Crippen molar-refractivity contribution >= 4 is 11.6 Å². The maximum atomic E-state index is 12.6. The number of Topliss-reactive ketones (excluding diaryl/α,β-unsaturated/α-hetero) is 2. The highest BCUT2D eigenvalue weighted by Gasteiger charge is 2.57. The predicted octanol–water partition coefficient (Wildman–Crippen LogP) is 2.86. The number of carbonyl (C=O) groups excluding carboxylic acids is 2. The van der Waals surface area contributed by atoms with Gasteiger partial charge in [0.2, 0.25) is 0 Å². The van der Waals surface area contributed by atoms with Crippen molar-refractivity contribution in [2.24, 2.45) is 11.8 Å². The highest BCUT2D eigenvalue weighted by atomic mass is 16.4. The molecule has 0 aromatic carbocycles. The van der Waals surface area contributed by atoms with E-state index in [1.165, 1.54) is 0 Å². The number of carbonyl (C=O) groups is 2. The molecule has 0 spiro atoms. The molecule has 1 aliphatic carbocycles. The molecule has 24 heavy (non-hydrogen) atoms. The zero-order chi connectivity index (χ0) is 18.7. The fourth-order valence-corrected chi connectivity index (χ4v) is 3.04. The number of ketones is 2. The topological polar surface area (TPSA) is 94.8 Å². The summed E-state index contributed by atoms with van der Waals surface area (Å²) in [5, 5.41) is 32.0. The van der Waals surface area contributed by atoms with Crippen LogP contribution in [0.4, 0.5) is 0 Å². The minimum absolute atomic E-state index is 0.0542. The Labute approximate surface area is 144 Å². The average Bonchev–Trinajstić information content (AvgIpc) is 2.70. The molecule has 0 aromatic rings. The van der Waals surface area contributed by atoms with Gasteiger partial charge in [0.05, 0.1) is 12.0 Å². The fourth-order valence-electron chi connectivity index (χ4n) is 3.04. The lowest BCUT2D eigenvalue weighted by atomic mass is 9.79. The lowest BCUT2D eigenvalue weighted by Gasteiger charge is -2.34. The Morgan fingerprint density at radius 3 is 2.33 bits per heavy atom. The van der Waals surface area contributed by atoms with Crippen molar-refractivity contribution in [3.63, 3.8) is 0 Å². The summed E-state index contributed by atoms with van der Waals surface area (Å²) in [6, 6.07) is 0. The molecule has 0 aliphatic heterocycles. The van der Waals surface area contributed by atoms with Crippen LogP contribution in [0.3, 0.4) is 0 Å². The smallest absolute Gasteiger partial charge is 0.176 e. The summed E-state index contributed by atoms with van der Waals surface area (Å²) < 4.78 is 0. The van der Waals surface area contributed by atoms with Crippen molar-refractivity contribution in [1.82, 2.24) is 0 Å². The summed E-state index contributed by atoms with van der Waals surface area (Å²) in [6.45, 7) is 9.28. The zero-order valence-corrected chi connectivity index (χ0v) is 15.3. The van der Waals surface area contributed by atoms with E-state index in [2.05, 4.69) is 0 Å². The number of hydrogen-bond donors (Lipinski definition) is 3. The predicted molar refractivity (Wildman–Crippen MR) is 92.5 cm³/mol. The van der Waals surface area contributed by atoms with Gasteiger partial charge in [0.25, 0.3) is 0 Å². The monoisotopic (exact) mass is 338 g/mol. The van der Waals surface area contributed by atoms with Gasteiger partial charge in [-0.25, -0.2) is 0 Å². The van der Waals surface area contributed by atoms with Crippen LogP contribution >= 0.6 is 0 Å². The van der Waals surface area contributed by atoms with Crippen LogP contribution in [-0.2, 0) is 9.59 Å². The molecule has 2 unspecified atom stereocenters. The molecule has 0 saturated carbocycles. The second kappa shape index (κ2) is 8.08. The SMILES string of the molecule is CCC(=O)C1=C(O)C(O)(C(O)CCC(C)C)[C@H](CC=C(C)C)C1=O. The molecule has 3 atom stereocenters. The third-order valence-electron chi connectivity index (χ3n) is 4.60. The lowest BCUT2D eigenvalue weighted by Crippen LogP contribution is -2.49. The molecule has 5 nitrogen and oxygen atoms in total. The van der Waals surface area contributed by atoms with Gasteiger partial charge in [0, 0.05) is 6.42 Å². The molecule has 3 N–H and O–H groups in total. The standard InChI is InChI=1S/C19H30O5/c1-6-14(20)16-17(22)13(9-7-11(2)3)19(24,18(16)23)15(21)10-8-12(4)5/h7,12-13,15,21,23-24H,6,8-10H2,1-5H3/t13-,15?,19?/m1/s1. The largest absolute Gasteiger partial charge is 0.508 e. The minimum atomic E-state index is -2.10. The van der Waals surface area contributed by atoms with E-state index in [4.69, 9.17) is 0 Å². The lowest BCUT2D eigenvalue weighted by molar-refractivity contribution is -0.135. The molecule has 0 amide bonds. The van der Waals surface area contributed by atoms with Crippen LogP contribution in [0.1, 0.15) is 60.3 Å². The van der Waals surface area contributed by atoms with E-state index < -0.39 is 34.9 Å². The maximum Gasteiger partial charge on any atom is 0.176 e. The Balaban J connectivity index is 3.29. The Hall–Kier alpha value is -1.46. The van der Waals surface area contributed by atoms with Gasteiger partial charge in [0.15, 0.2) is 17.2 Å². The molecule has 1 rings (SSSR count). The molecule has 0 fully saturated rings. The van der Waals surface area contributed by atoms with Crippen LogP contribution in [0.15, 0.2) is 23.0 Å². The second-order valence-corrected chi connectivity index (χ2v) is 7.25. The Morgan fingerprint density at radius 1 is 1.29 bits per heavy atom. The van der Waals surface area contributed by atoms with Crippen LogP contribution < -0.4 is 0 Å². The van der Waals surface area contributed by atoms with E-state index in [1.54, 1.807) is 13.0 Å². The summed E-state index contributed by atoms with van der Waals surface area (Å²) >= 11 is 0. The summed E-state index contributed by atoms with van der Waals surface area (Å²) in [7, 11) is 0. The normalized spacial score (nSPS) is 25.3. The van der Waals surface area contributed by atoms with Crippen LogP contribution in [-0.4, -0.2) is 38.6 Å². The molecule has 0 radical (unpaired) electrons. The first-order chi connectivity index (χ1) is 11.1. The van der Waals surface area contributed by atoms with E-state index in [9.17, 15) is 24.9 Å². The van der Waals surface area contributed by atoms with E-state index in [-0.39, 0.29) is 24.8 Å². The first kappa shape index (κ1) is 20.6. The highest BCUT2D eigenvalue weighted by Crippen LogP contribution is 2.43. The maximum absolute atomic E-state index is 12.6. The zero-order valence-electron chi connectivity index (χ0n) is 15.3. The quantitative estimate of drug-likeness (QED) is 0.467. The van der Waals surface area contributed by atoms with Gasteiger partial charge in [0.1, 0.15) is 11.3 Å². The van der Waals surface area contributed by atoms with Crippen LogP contribution in [0.5, 0.6) is 0 Å². The van der Waals surface area contributed by atoms with Crippen molar-refractivity contribution in [2.45, 2.75) is 72.0 Å². The third kappa shape index (κ3) is 3.95. The number of aliphatic hydroxyl groups excluding tert-OH is 2. The van der Waals surface area contributed by atoms with Gasteiger partial charge in [-0.1, -0.05) is 32.4 Å². The molecule has 0 aromatic heterocycles. The molecule has 5 heteroatoms. The molecule has 0 bridgehead atoms. The van der Waals surface area contributed by atoms with E-state index in [1.807, 2.05) is 27.7 Å². The first-order valence-corrected chi connectivity index (χ1v) is 8.62. The number of hydrogen-bond acceptors (Lipinski definition) is 5. The van der Waals surface area contributed by atoms with Gasteiger partial charge in [-0.15, -0.1) is 0 Å². The number of allylic oxidation sites excluding steroid dienone is 3. The fraction of sp³-hybridized carbons (Fsp3) is 0.684. The van der Waals surface area contributed by atoms with E-state index in [0.29, 0.717) is 12.3 Å². The third-order valence-corrected chi connectivity index (χ3v) is 4.60. The average molecular weight is 338 g/mol.